The Morgan fingerprint density at radius 3 is 0.833 bits per heavy atom. The van der Waals surface area contributed by atoms with Gasteiger partial charge in [0.15, 0.2) is 0 Å². The van der Waals surface area contributed by atoms with Gasteiger partial charge in [-0.3, -0.25) is 0 Å². The molecule has 0 heterocycles. The van der Waals surface area contributed by atoms with E-state index in [9.17, 15) is 10.2 Å². The van der Waals surface area contributed by atoms with Crippen LogP contribution in [0.25, 0.3) is 12.2 Å². The zero-order valence-corrected chi connectivity index (χ0v) is 39.3. The summed E-state index contributed by atoms with van der Waals surface area (Å²) in [5, 5.41) is 22.5. The fourth-order valence-electron chi connectivity index (χ4n) is 7.89. The van der Waals surface area contributed by atoms with Crippen molar-refractivity contribution in [2.75, 3.05) is 0 Å². The molecular formula is C57H67CoO2-. The molecule has 0 unspecified atom stereocenters. The first-order chi connectivity index (χ1) is 27.3. The summed E-state index contributed by atoms with van der Waals surface area (Å²) in [5.74, 6) is 0.736. The van der Waals surface area contributed by atoms with Gasteiger partial charge in [-0.25, -0.2) is 0 Å². The van der Waals surface area contributed by atoms with Crippen molar-refractivity contribution in [1.82, 2.24) is 0 Å². The topological polar surface area (TPSA) is 40.5 Å². The molecule has 0 saturated carbocycles. The second-order valence-electron chi connectivity index (χ2n) is 18.3. The average Bonchev–Trinajstić information content (AvgIpc) is 3.20. The maximum atomic E-state index is 11.3. The van der Waals surface area contributed by atoms with Crippen molar-refractivity contribution in [2.45, 2.75) is 105 Å². The van der Waals surface area contributed by atoms with Crippen molar-refractivity contribution >= 4 is 12.2 Å². The van der Waals surface area contributed by atoms with Crippen LogP contribution in [0.1, 0.15) is 139 Å². The van der Waals surface area contributed by atoms with Gasteiger partial charge in [0, 0.05) is 60.7 Å². The molecule has 0 aliphatic heterocycles. The molecule has 60 heavy (non-hydrogen) atoms. The van der Waals surface area contributed by atoms with E-state index in [-0.39, 0.29) is 45.9 Å². The van der Waals surface area contributed by atoms with Gasteiger partial charge in [0.1, 0.15) is 11.5 Å². The van der Waals surface area contributed by atoms with Crippen LogP contribution in [0.4, 0.5) is 0 Å². The third-order valence-electron chi connectivity index (χ3n) is 11.9. The molecular weight excluding hydrogens is 776 g/mol. The summed E-state index contributed by atoms with van der Waals surface area (Å²) in [5.41, 5.74) is 12.3. The molecule has 0 aliphatic carbocycles. The van der Waals surface area contributed by atoms with Gasteiger partial charge in [-0.2, -0.15) is 0 Å². The van der Waals surface area contributed by atoms with E-state index in [0.29, 0.717) is 11.5 Å². The number of aromatic hydroxyl groups is 2. The molecule has 0 atom stereocenters. The van der Waals surface area contributed by atoms with Crippen molar-refractivity contribution in [2.24, 2.45) is 0 Å². The van der Waals surface area contributed by atoms with Crippen molar-refractivity contribution in [3.8, 4) is 11.5 Å². The second-order valence-corrected chi connectivity index (χ2v) is 18.3. The molecule has 0 fully saturated rings. The largest absolute Gasteiger partial charge is 0.507 e. The predicted molar refractivity (Wildman–Crippen MR) is 256 cm³/mol. The molecule has 6 rings (SSSR count). The van der Waals surface area contributed by atoms with Crippen LogP contribution < -0.4 is 0 Å². The molecule has 0 aromatic heterocycles. The van der Waals surface area contributed by atoms with Gasteiger partial charge in [-0.15, -0.1) is 0 Å². The Balaban J connectivity index is 0.000000310. The molecule has 6 aromatic carbocycles. The minimum Gasteiger partial charge on any atom is -0.507 e. The van der Waals surface area contributed by atoms with E-state index in [2.05, 4.69) is 229 Å². The first-order valence-electron chi connectivity index (χ1n) is 20.6. The smallest absolute Gasteiger partial charge is 0.126 e. The summed E-state index contributed by atoms with van der Waals surface area (Å²) in [7, 11) is 0. The van der Waals surface area contributed by atoms with E-state index >= 15 is 0 Å². The third-order valence-corrected chi connectivity index (χ3v) is 11.9. The van der Waals surface area contributed by atoms with Crippen molar-refractivity contribution in [1.29, 1.82) is 0 Å². The number of phenolic OH excluding ortho intramolecular Hbond substituents is 2. The van der Waals surface area contributed by atoms with Crippen LogP contribution in [-0.4, -0.2) is 10.2 Å². The summed E-state index contributed by atoms with van der Waals surface area (Å²) < 4.78 is 0. The number of rotatable bonds is 10. The van der Waals surface area contributed by atoms with Crippen LogP contribution in [-0.2, 0) is 38.4 Å². The Morgan fingerprint density at radius 1 is 0.367 bits per heavy atom. The van der Waals surface area contributed by atoms with Gasteiger partial charge in [-0.05, 0) is 73.2 Å². The molecule has 0 spiro atoms. The number of hydrogen-bond donors (Lipinski definition) is 2. The number of phenols is 2. The average molecular weight is 843 g/mol. The Morgan fingerprint density at radius 2 is 0.600 bits per heavy atom. The molecule has 0 saturated heterocycles. The fourth-order valence-corrected chi connectivity index (χ4v) is 7.89. The molecule has 0 amide bonds. The SMILES string of the molecule is CC(C)=Cc1cc(C(C)(C)c2ccccc2)cc(C(C)(C)c2ccccc2)c1O.CC(C)=Cc1cc(C(C)(C)c2ccccc2)cc(C(C)(C)c2ccccc2)c1O.[CH3-].[Co]. The Hall–Kier alpha value is -5.09. The quantitative estimate of drug-likeness (QED) is 0.135. The third kappa shape index (κ3) is 10.8. The normalized spacial score (nSPS) is 11.5. The van der Waals surface area contributed by atoms with Gasteiger partial charge in [0.05, 0.1) is 0 Å². The summed E-state index contributed by atoms with van der Waals surface area (Å²) >= 11 is 0. The summed E-state index contributed by atoms with van der Waals surface area (Å²) in [6.07, 6.45) is 4.15. The van der Waals surface area contributed by atoms with Gasteiger partial charge < -0.3 is 17.6 Å². The van der Waals surface area contributed by atoms with E-state index in [1.54, 1.807) is 0 Å². The number of benzene rings is 6. The number of allylic oxidation sites excluding steroid dienone is 2. The van der Waals surface area contributed by atoms with E-state index < -0.39 is 0 Å². The molecule has 317 valence electrons. The Labute approximate surface area is 373 Å². The molecule has 0 bridgehead atoms. The molecule has 6 aromatic rings. The zero-order chi connectivity index (χ0) is 42.5. The summed E-state index contributed by atoms with van der Waals surface area (Å²) in [6, 6.07) is 50.6. The Kier molecular flexibility index (Phi) is 16.4. The summed E-state index contributed by atoms with van der Waals surface area (Å²) in [4.78, 5) is 0. The zero-order valence-electron chi connectivity index (χ0n) is 38.2. The maximum absolute atomic E-state index is 11.3. The first kappa shape index (κ1) is 49.3. The first-order valence-corrected chi connectivity index (χ1v) is 20.6. The standard InChI is InChI=1S/2C28H32O.CH3.Co/c2*1-20(2)17-21-18-24(27(3,4)22-13-9-7-10-14-22)19-25(26(21)29)28(5,6)23-15-11-8-12-16-23;;/h2*7-19,29H,1-6H3;1H3;/q;;-1;. The molecule has 2 nitrogen and oxygen atoms in total. The van der Waals surface area contributed by atoms with E-state index in [1.807, 2.05) is 12.1 Å². The van der Waals surface area contributed by atoms with Crippen molar-refractivity contribution in [3.63, 3.8) is 0 Å². The minimum atomic E-state index is -0.321. The molecule has 0 aliphatic rings. The molecule has 1 radical (unpaired) electrons. The van der Waals surface area contributed by atoms with Crippen molar-refractivity contribution < 1.29 is 27.0 Å². The fraction of sp³-hybridized carbons (Fsp3) is 0.281. The maximum Gasteiger partial charge on any atom is 0.126 e. The molecule has 2 N–H and O–H groups in total. The van der Waals surface area contributed by atoms with E-state index in [0.717, 1.165) is 22.3 Å². The van der Waals surface area contributed by atoms with Crippen LogP contribution in [0.5, 0.6) is 11.5 Å². The summed E-state index contributed by atoms with van der Waals surface area (Å²) in [6.45, 7) is 26.0. The Bertz CT molecular complexity index is 2190. The second kappa shape index (κ2) is 20.0. The predicted octanol–water partition coefficient (Wildman–Crippen LogP) is 15.4. The van der Waals surface area contributed by atoms with Crippen LogP contribution in [0, 0.1) is 7.43 Å². The number of hydrogen-bond acceptors (Lipinski definition) is 2. The van der Waals surface area contributed by atoms with Crippen LogP contribution in [0.2, 0.25) is 0 Å². The molecule has 3 heteroatoms. The van der Waals surface area contributed by atoms with Crippen LogP contribution in [0.15, 0.2) is 157 Å². The van der Waals surface area contributed by atoms with Gasteiger partial charge in [-0.1, -0.05) is 212 Å². The van der Waals surface area contributed by atoms with E-state index in [4.69, 9.17) is 0 Å². The van der Waals surface area contributed by atoms with Gasteiger partial charge in [0.2, 0.25) is 0 Å². The van der Waals surface area contributed by atoms with Crippen LogP contribution in [0.3, 0.4) is 0 Å². The van der Waals surface area contributed by atoms with E-state index in [1.165, 1.54) is 44.5 Å². The monoisotopic (exact) mass is 842 g/mol. The van der Waals surface area contributed by atoms with Gasteiger partial charge >= 0.3 is 0 Å². The minimum absolute atomic E-state index is 0. The van der Waals surface area contributed by atoms with Crippen molar-refractivity contribution in [3.05, 3.63) is 220 Å². The van der Waals surface area contributed by atoms with Crippen LogP contribution >= 0.6 is 0 Å². The van der Waals surface area contributed by atoms with Gasteiger partial charge in [0.25, 0.3) is 0 Å².